The number of carbonyl (C=O) groups is 1. The van der Waals surface area contributed by atoms with Crippen LogP contribution in [0.3, 0.4) is 0 Å². The molecule has 0 bridgehead atoms. The molecular weight excluding hydrogens is 344 g/mol. The SMILES string of the molecule is Cn1cccc1C=NNC(=O)c1cc(-c2cccs2)nc2ccccc12. The maximum atomic E-state index is 12.7. The summed E-state index contributed by atoms with van der Waals surface area (Å²) in [6.07, 6.45) is 3.55. The van der Waals surface area contributed by atoms with Crippen molar-refractivity contribution in [2.75, 3.05) is 0 Å². The third kappa shape index (κ3) is 3.14. The van der Waals surface area contributed by atoms with Gasteiger partial charge in [0.2, 0.25) is 0 Å². The van der Waals surface area contributed by atoms with Crippen LogP contribution in [0.1, 0.15) is 16.1 Å². The van der Waals surface area contributed by atoms with Crippen molar-refractivity contribution in [3.8, 4) is 10.6 Å². The van der Waals surface area contributed by atoms with Gasteiger partial charge < -0.3 is 4.57 Å². The van der Waals surface area contributed by atoms with Crippen LogP contribution >= 0.6 is 11.3 Å². The predicted molar refractivity (Wildman–Crippen MR) is 106 cm³/mol. The molecule has 0 atom stereocenters. The highest BCUT2D eigenvalue weighted by molar-refractivity contribution is 7.13. The third-order valence-corrected chi connectivity index (χ3v) is 4.97. The van der Waals surface area contributed by atoms with Gasteiger partial charge in [0.15, 0.2) is 0 Å². The topological polar surface area (TPSA) is 59.3 Å². The van der Waals surface area contributed by atoms with E-state index in [2.05, 4.69) is 15.5 Å². The van der Waals surface area contributed by atoms with Crippen molar-refractivity contribution in [1.29, 1.82) is 0 Å². The van der Waals surface area contributed by atoms with E-state index >= 15 is 0 Å². The number of thiophene rings is 1. The molecule has 5 nitrogen and oxygen atoms in total. The van der Waals surface area contributed by atoms with E-state index in [0.29, 0.717) is 5.56 Å². The number of fused-ring (bicyclic) bond motifs is 1. The van der Waals surface area contributed by atoms with Crippen LogP contribution in [-0.4, -0.2) is 21.7 Å². The zero-order valence-electron chi connectivity index (χ0n) is 14.1. The highest BCUT2D eigenvalue weighted by Crippen LogP contribution is 2.27. The Bertz CT molecular complexity index is 1100. The first kappa shape index (κ1) is 16.2. The number of aryl methyl sites for hydroxylation is 1. The van der Waals surface area contributed by atoms with E-state index in [-0.39, 0.29) is 5.91 Å². The number of hydrogen-bond acceptors (Lipinski definition) is 4. The molecule has 0 fully saturated rings. The zero-order chi connectivity index (χ0) is 17.9. The number of nitrogens with zero attached hydrogens (tertiary/aromatic N) is 3. The highest BCUT2D eigenvalue weighted by atomic mass is 32.1. The van der Waals surface area contributed by atoms with Crippen LogP contribution in [0, 0.1) is 0 Å². The Labute approximate surface area is 154 Å². The van der Waals surface area contributed by atoms with Crippen molar-refractivity contribution in [3.63, 3.8) is 0 Å². The second kappa shape index (κ2) is 6.93. The quantitative estimate of drug-likeness (QED) is 0.441. The molecule has 0 saturated carbocycles. The summed E-state index contributed by atoms with van der Waals surface area (Å²) in [7, 11) is 1.92. The molecule has 3 aromatic heterocycles. The van der Waals surface area contributed by atoms with E-state index in [0.717, 1.165) is 27.2 Å². The van der Waals surface area contributed by atoms with Crippen molar-refractivity contribution in [2.45, 2.75) is 0 Å². The lowest BCUT2D eigenvalue weighted by Crippen LogP contribution is -2.18. The maximum absolute atomic E-state index is 12.7. The highest BCUT2D eigenvalue weighted by Gasteiger charge is 2.13. The molecule has 4 rings (SSSR count). The normalized spacial score (nSPS) is 11.3. The maximum Gasteiger partial charge on any atom is 0.272 e. The van der Waals surface area contributed by atoms with Crippen molar-refractivity contribution < 1.29 is 4.79 Å². The van der Waals surface area contributed by atoms with Crippen LogP contribution in [0.25, 0.3) is 21.5 Å². The van der Waals surface area contributed by atoms with Crippen molar-refractivity contribution in [1.82, 2.24) is 15.0 Å². The van der Waals surface area contributed by atoms with E-state index in [1.54, 1.807) is 17.6 Å². The number of rotatable bonds is 4. The molecule has 0 aliphatic heterocycles. The average Bonchev–Trinajstić information content (AvgIpc) is 3.33. The molecule has 0 radical (unpaired) electrons. The molecule has 0 unspecified atom stereocenters. The number of pyridine rings is 1. The number of amides is 1. The number of aromatic nitrogens is 2. The summed E-state index contributed by atoms with van der Waals surface area (Å²) >= 11 is 1.60. The molecule has 128 valence electrons. The second-order valence-corrected chi connectivity index (χ2v) is 6.74. The van der Waals surface area contributed by atoms with Gasteiger partial charge in [-0.15, -0.1) is 11.3 Å². The van der Waals surface area contributed by atoms with Crippen LogP contribution in [0.15, 0.2) is 71.3 Å². The van der Waals surface area contributed by atoms with Crippen LogP contribution < -0.4 is 5.43 Å². The monoisotopic (exact) mass is 360 g/mol. The van der Waals surface area contributed by atoms with Gasteiger partial charge in [-0.25, -0.2) is 10.4 Å². The summed E-state index contributed by atoms with van der Waals surface area (Å²) in [4.78, 5) is 18.4. The molecular formula is C20H16N4OS. The molecule has 0 aliphatic carbocycles. The Morgan fingerprint density at radius 1 is 1.19 bits per heavy atom. The number of hydrogen-bond donors (Lipinski definition) is 1. The Balaban J connectivity index is 1.69. The lowest BCUT2D eigenvalue weighted by molar-refractivity contribution is 0.0956. The number of nitrogens with one attached hydrogen (secondary N) is 1. The van der Waals surface area contributed by atoms with Crippen molar-refractivity contribution in [3.05, 3.63) is 77.4 Å². The summed E-state index contributed by atoms with van der Waals surface area (Å²) in [5.41, 5.74) is 5.66. The fourth-order valence-electron chi connectivity index (χ4n) is 2.74. The minimum absolute atomic E-state index is 0.258. The minimum atomic E-state index is -0.258. The Morgan fingerprint density at radius 2 is 2.08 bits per heavy atom. The third-order valence-electron chi connectivity index (χ3n) is 4.08. The van der Waals surface area contributed by atoms with Gasteiger partial charge in [0.25, 0.3) is 5.91 Å². The second-order valence-electron chi connectivity index (χ2n) is 5.79. The summed E-state index contributed by atoms with van der Waals surface area (Å²) in [5.74, 6) is -0.258. The summed E-state index contributed by atoms with van der Waals surface area (Å²) in [5, 5.41) is 6.89. The number of carbonyl (C=O) groups excluding carboxylic acids is 1. The fourth-order valence-corrected chi connectivity index (χ4v) is 3.43. The summed E-state index contributed by atoms with van der Waals surface area (Å²) in [6, 6.07) is 17.3. The first-order valence-corrected chi connectivity index (χ1v) is 8.99. The minimum Gasteiger partial charge on any atom is -0.350 e. The Hall–Kier alpha value is -3.25. The van der Waals surface area contributed by atoms with E-state index in [1.807, 2.05) is 77.8 Å². The van der Waals surface area contributed by atoms with E-state index in [1.165, 1.54) is 0 Å². The Morgan fingerprint density at radius 3 is 2.85 bits per heavy atom. The van der Waals surface area contributed by atoms with Crippen LogP contribution in [-0.2, 0) is 7.05 Å². The van der Waals surface area contributed by atoms with Gasteiger partial charge in [0.1, 0.15) is 0 Å². The van der Waals surface area contributed by atoms with E-state index in [4.69, 9.17) is 0 Å². The fraction of sp³-hybridized carbons (Fsp3) is 0.0500. The average molecular weight is 360 g/mol. The first-order chi connectivity index (χ1) is 12.7. The lowest BCUT2D eigenvalue weighted by Gasteiger charge is -2.08. The molecule has 4 aromatic rings. The van der Waals surface area contributed by atoms with Crippen LogP contribution in [0.4, 0.5) is 0 Å². The molecule has 0 saturated heterocycles. The first-order valence-electron chi connectivity index (χ1n) is 8.11. The number of hydrazone groups is 1. The van der Waals surface area contributed by atoms with Crippen LogP contribution in [0.2, 0.25) is 0 Å². The van der Waals surface area contributed by atoms with Gasteiger partial charge in [-0.3, -0.25) is 4.79 Å². The lowest BCUT2D eigenvalue weighted by atomic mass is 10.1. The van der Waals surface area contributed by atoms with Gasteiger partial charge in [-0.05, 0) is 35.7 Å². The van der Waals surface area contributed by atoms with E-state index < -0.39 is 0 Å². The van der Waals surface area contributed by atoms with Crippen LogP contribution in [0.5, 0.6) is 0 Å². The van der Waals surface area contributed by atoms with Crippen molar-refractivity contribution in [2.24, 2.45) is 12.1 Å². The molecule has 1 N–H and O–H groups in total. The zero-order valence-corrected chi connectivity index (χ0v) is 14.9. The molecule has 3 heterocycles. The standard InChI is InChI=1S/C20H16N4OS/c1-24-10-4-6-14(24)13-21-23-20(25)16-12-18(19-9-5-11-26-19)22-17-8-3-2-7-15(16)17/h2-13H,1H3,(H,23,25). The largest absolute Gasteiger partial charge is 0.350 e. The number of para-hydroxylation sites is 1. The summed E-state index contributed by atoms with van der Waals surface area (Å²) in [6.45, 7) is 0. The van der Waals surface area contributed by atoms with Gasteiger partial charge in [-0.1, -0.05) is 24.3 Å². The number of benzene rings is 1. The predicted octanol–water partition coefficient (Wildman–Crippen LogP) is 4.07. The van der Waals surface area contributed by atoms with Gasteiger partial charge in [0, 0.05) is 18.6 Å². The molecule has 0 spiro atoms. The van der Waals surface area contributed by atoms with Gasteiger partial charge in [0.05, 0.1) is 33.6 Å². The summed E-state index contributed by atoms with van der Waals surface area (Å²) < 4.78 is 1.92. The van der Waals surface area contributed by atoms with Crippen molar-refractivity contribution >= 4 is 34.4 Å². The molecule has 0 aliphatic rings. The van der Waals surface area contributed by atoms with Gasteiger partial charge >= 0.3 is 0 Å². The van der Waals surface area contributed by atoms with Gasteiger partial charge in [-0.2, -0.15) is 5.10 Å². The van der Waals surface area contributed by atoms with E-state index in [9.17, 15) is 4.79 Å². The smallest absolute Gasteiger partial charge is 0.272 e. The molecule has 1 aromatic carbocycles. The molecule has 1 amide bonds. The Kier molecular flexibility index (Phi) is 4.33. The molecule has 26 heavy (non-hydrogen) atoms. The molecule has 6 heteroatoms.